The number of anilines is 2. The molecule has 3 N–H and O–H groups in total. The molecule has 5 aliphatic heterocycles. The maximum absolute atomic E-state index is 16.4. The zero-order chi connectivity index (χ0) is 36.1. The van der Waals surface area contributed by atoms with Crippen molar-refractivity contribution in [2.75, 3.05) is 23.8 Å². The van der Waals surface area contributed by atoms with Crippen LogP contribution >= 0.6 is 14.2 Å². The molecule has 26 heteroatoms. The predicted molar refractivity (Wildman–Crippen MR) is 174 cm³/mol. The predicted octanol–water partition coefficient (Wildman–Crippen LogP) is 1.22. The molecule has 272 valence electrons. The van der Waals surface area contributed by atoms with Gasteiger partial charge in [0, 0.05) is 25.7 Å². The highest BCUT2D eigenvalue weighted by molar-refractivity contribution is 8.07. The SMILES string of the molecule is [B]P1(=O)OC[C@H]2O[C@@H](n3nc4c5c(ncnc53)NC(=O)CC4)C(F)C2OP(O)(=S)OC[C@H]2O[C@@H](n3nc4c5c(ncnc53)NC(=O)CC4)C(F)C2O1. The van der Waals surface area contributed by atoms with Gasteiger partial charge in [-0.3, -0.25) is 18.7 Å². The van der Waals surface area contributed by atoms with Gasteiger partial charge in [0.15, 0.2) is 36.1 Å². The molecule has 4 aromatic rings. The average molecular weight is 780 g/mol. The minimum Gasteiger partial charge on any atom is -0.345 e. The van der Waals surface area contributed by atoms with E-state index in [2.05, 4.69) is 40.8 Å². The van der Waals surface area contributed by atoms with Crippen LogP contribution in [0.15, 0.2) is 12.7 Å². The molecule has 3 fully saturated rings. The van der Waals surface area contributed by atoms with Crippen molar-refractivity contribution in [2.45, 2.75) is 74.9 Å². The number of halogens is 2. The van der Waals surface area contributed by atoms with Gasteiger partial charge in [-0.15, -0.1) is 0 Å². The van der Waals surface area contributed by atoms with Gasteiger partial charge in [0.1, 0.15) is 48.7 Å². The molecule has 0 saturated carbocycles. The Kier molecular flexibility index (Phi) is 8.30. The lowest BCUT2D eigenvalue weighted by Crippen LogP contribution is -2.37. The summed E-state index contributed by atoms with van der Waals surface area (Å²) in [6.45, 7) is -5.77. The molecular weight excluding hydrogens is 755 g/mol. The number of rotatable bonds is 2. The maximum atomic E-state index is 16.4. The summed E-state index contributed by atoms with van der Waals surface area (Å²) in [5.74, 6) is -0.179. The van der Waals surface area contributed by atoms with Gasteiger partial charge in [0.05, 0.1) is 35.4 Å². The van der Waals surface area contributed by atoms with Crippen molar-refractivity contribution in [3.05, 3.63) is 24.0 Å². The summed E-state index contributed by atoms with van der Waals surface area (Å²) in [5, 5.41) is 15.0. The van der Waals surface area contributed by atoms with Gasteiger partial charge in [-0.05, 0) is 11.8 Å². The molecule has 5 aliphatic rings. The normalized spacial score (nSPS) is 36.6. The standard InChI is InChI=1S/C26H25BF2N10O10P2S/c27-50(42)44-5-11-20(18(29)26(46-11)39-24-16-10(37-39)2-4-14(41)35-22(16)31-8-33-24)49-51(43,52)45-6-12-19(48-50)17(28)25(47-12)38-23-15-9(36-38)1-3-13(40)34-21(15)30-7-32-23/h7-8,11-12,17-20,25-26H,1-6H2,(H,43,52)(H,30,32,34,40)(H,31,33,35,41)/t11-,12-,17?,18?,19?,20?,25-,26-,50?,51?/m1/s1. The number of carbonyl (C=O) groups is 2. The Morgan fingerprint density at radius 1 is 0.788 bits per heavy atom. The number of aromatic nitrogens is 8. The van der Waals surface area contributed by atoms with Crippen molar-refractivity contribution in [1.29, 1.82) is 0 Å². The van der Waals surface area contributed by atoms with Crippen molar-refractivity contribution >= 4 is 79.1 Å². The minimum atomic E-state index is -4.66. The number of fused-ring (bicyclic) bond motifs is 2. The molecule has 2 amide bonds. The smallest absolute Gasteiger partial charge is 0.325 e. The maximum Gasteiger partial charge on any atom is 0.325 e. The zero-order valence-corrected chi connectivity index (χ0v) is 29.0. The van der Waals surface area contributed by atoms with E-state index in [9.17, 15) is 19.0 Å². The number of nitrogens with one attached hydrogen (secondary N) is 2. The lowest BCUT2D eigenvalue weighted by molar-refractivity contribution is -0.117. The van der Waals surface area contributed by atoms with Gasteiger partial charge < -0.3 is 38.6 Å². The van der Waals surface area contributed by atoms with Gasteiger partial charge in [-0.1, -0.05) is 0 Å². The Balaban J connectivity index is 1.00. The Morgan fingerprint density at radius 3 is 1.79 bits per heavy atom. The highest BCUT2D eigenvalue weighted by atomic mass is 32.5. The minimum absolute atomic E-state index is 0.0881. The Bertz CT molecular complexity index is 2100. The Hall–Kier alpha value is -3.44. The van der Waals surface area contributed by atoms with Crippen molar-refractivity contribution in [1.82, 2.24) is 39.5 Å². The number of alkyl halides is 2. The molecule has 0 spiro atoms. The third-order valence-corrected chi connectivity index (χ3v) is 11.8. The van der Waals surface area contributed by atoms with Gasteiger partial charge in [-0.2, -0.15) is 10.2 Å². The van der Waals surface area contributed by atoms with Crippen LogP contribution in [0, 0.1) is 0 Å². The summed E-state index contributed by atoms with van der Waals surface area (Å²) < 4.78 is 82.6. The number of carbonyl (C=O) groups excluding carboxylic acids is 2. The number of hydrogen-bond donors (Lipinski definition) is 3. The molecule has 0 aromatic carbocycles. The quantitative estimate of drug-likeness (QED) is 0.191. The highest BCUT2D eigenvalue weighted by Gasteiger charge is 2.54. The number of nitrogens with zero attached hydrogens (tertiary/aromatic N) is 8. The number of hydrogen-bond acceptors (Lipinski definition) is 16. The van der Waals surface area contributed by atoms with Crippen LogP contribution in [0.25, 0.3) is 22.1 Å². The summed E-state index contributed by atoms with van der Waals surface area (Å²) in [6, 6.07) is 0. The van der Waals surface area contributed by atoms with E-state index in [1.165, 1.54) is 0 Å². The van der Waals surface area contributed by atoms with Gasteiger partial charge in [-0.25, -0.2) is 38.1 Å². The summed E-state index contributed by atoms with van der Waals surface area (Å²) in [6.07, 6.45) is -10.7. The first-order valence-corrected chi connectivity index (χ1v) is 20.1. The Labute approximate surface area is 296 Å². The van der Waals surface area contributed by atoms with Crippen molar-refractivity contribution < 1.29 is 55.4 Å². The topological polar surface area (TPSA) is 238 Å². The van der Waals surface area contributed by atoms with E-state index in [1.807, 2.05) is 0 Å². The molecule has 3 saturated heterocycles. The third kappa shape index (κ3) is 5.85. The number of aryl methyl sites for hydroxylation is 2. The first kappa shape index (κ1) is 34.3. The zero-order valence-electron chi connectivity index (χ0n) is 26.4. The molecule has 0 aliphatic carbocycles. The van der Waals surface area contributed by atoms with Crippen molar-refractivity contribution in [3.63, 3.8) is 0 Å². The monoisotopic (exact) mass is 780 g/mol. The summed E-state index contributed by atoms with van der Waals surface area (Å²) in [7, 11) is 1.28. The molecule has 52 heavy (non-hydrogen) atoms. The van der Waals surface area contributed by atoms with Crippen molar-refractivity contribution in [2.24, 2.45) is 0 Å². The van der Waals surface area contributed by atoms with Gasteiger partial charge in [0.2, 0.25) is 19.4 Å². The number of amides is 2. The Morgan fingerprint density at radius 2 is 1.27 bits per heavy atom. The molecule has 9 rings (SSSR count). The van der Waals surface area contributed by atoms with Crippen LogP contribution in [-0.4, -0.2) is 114 Å². The second-order valence-electron chi connectivity index (χ2n) is 12.5. The molecule has 0 bridgehead atoms. The van der Waals surface area contributed by atoms with E-state index < -0.39 is 76.6 Å². The van der Waals surface area contributed by atoms with Crippen LogP contribution in [0.1, 0.15) is 36.7 Å². The summed E-state index contributed by atoms with van der Waals surface area (Å²) in [4.78, 5) is 52.0. The molecule has 9 heterocycles. The van der Waals surface area contributed by atoms with Crippen molar-refractivity contribution in [3.8, 4) is 0 Å². The van der Waals surface area contributed by atoms with Gasteiger partial charge >= 0.3 is 6.72 Å². The molecule has 6 unspecified atom stereocenters. The first-order chi connectivity index (χ1) is 24.9. The number of ether oxygens (including phenoxy) is 2. The lowest BCUT2D eigenvalue weighted by Gasteiger charge is -2.29. The summed E-state index contributed by atoms with van der Waals surface area (Å²) >= 11 is 5.23. The second-order valence-corrected chi connectivity index (χ2v) is 16.8. The molecule has 2 radical (unpaired) electrons. The fourth-order valence-electron chi connectivity index (χ4n) is 6.87. The van der Waals surface area contributed by atoms with E-state index in [-0.39, 0.29) is 60.4 Å². The second kappa shape index (κ2) is 12.6. The largest absolute Gasteiger partial charge is 0.345 e. The fraction of sp³-hybridized carbons (Fsp3) is 0.538. The van der Waals surface area contributed by atoms with Crippen LogP contribution in [0.3, 0.4) is 0 Å². The van der Waals surface area contributed by atoms with E-state index in [1.54, 1.807) is 0 Å². The highest BCUT2D eigenvalue weighted by Crippen LogP contribution is 2.54. The van der Waals surface area contributed by atoms with E-state index in [0.717, 1.165) is 22.0 Å². The molecule has 4 aromatic heterocycles. The average Bonchev–Trinajstić information content (AvgIpc) is 3.76. The van der Waals surface area contributed by atoms with Crippen LogP contribution in [0.5, 0.6) is 0 Å². The van der Waals surface area contributed by atoms with E-state index >= 15 is 8.78 Å². The van der Waals surface area contributed by atoms with Crippen LogP contribution in [0.4, 0.5) is 20.4 Å². The lowest BCUT2D eigenvalue weighted by atomic mass is 10.1. The molecular formula is C26H25BF2N10O10P2S. The molecule has 20 nitrogen and oxygen atoms in total. The first-order valence-electron chi connectivity index (χ1n) is 15.9. The van der Waals surface area contributed by atoms with Crippen LogP contribution in [-0.2, 0) is 66.4 Å². The fourth-order valence-corrected chi connectivity index (χ4v) is 9.31. The van der Waals surface area contributed by atoms with Gasteiger partial charge in [0.25, 0.3) is 7.47 Å². The van der Waals surface area contributed by atoms with Crippen LogP contribution in [0.2, 0.25) is 0 Å². The third-order valence-electron chi connectivity index (χ3n) is 9.18. The van der Waals surface area contributed by atoms with Crippen LogP contribution < -0.4 is 10.6 Å². The molecule has 10 atom stereocenters. The van der Waals surface area contributed by atoms with E-state index in [0.29, 0.717) is 22.2 Å². The summed E-state index contributed by atoms with van der Waals surface area (Å²) in [5.41, 5.74) is 1.08. The van der Waals surface area contributed by atoms with E-state index in [4.69, 9.17) is 46.9 Å².